The summed E-state index contributed by atoms with van der Waals surface area (Å²) in [4.78, 5) is 28.2. The standard InChI is InChI=1S/C22H21N5O2/c23-18-10-5-15(6-11-18)7-12-20(28)26-14-16-3-8-17(9-4-16)22(29)27-19-2-1-13-25-21(19)24/h1-13H,14,23H2,(H2,24,25)(H,26,28)(H,27,29)/b12-7+. The molecule has 1 heterocycles. The molecular weight excluding hydrogens is 366 g/mol. The van der Waals surface area contributed by atoms with E-state index in [1.54, 1.807) is 60.8 Å². The van der Waals surface area contributed by atoms with Gasteiger partial charge < -0.3 is 22.1 Å². The number of carbonyl (C=O) groups is 2. The lowest BCUT2D eigenvalue weighted by Gasteiger charge is -2.08. The molecule has 0 radical (unpaired) electrons. The Morgan fingerprint density at radius 2 is 1.69 bits per heavy atom. The third-order valence-electron chi connectivity index (χ3n) is 4.13. The van der Waals surface area contributed by atoms with Crippen LogP contribution in [0.3, 0.4) is 0 Å². The molecule has 1 aromatic heterocycles. The van der Waals surface area contributed by atoms with Crippen LogP contribution >= 0.6 is 0 Å². The zero-order valence-corrected chi connectivity index (χ0v) is 15.6. The molecule has 0 saturated heterocycles. The van der Waals surface area contributed by atoms with Crippen LogP contribution in [0.15, 0.2) is 72.9 Å². The third kappa shape index (κ3) is 5.67. The van der Waals surface area contributed by atoms with E-state index < -0.39 is 0 Å². The number of pyridine rings is 1. The van der Waals surface area contributed by atoms with E-state index in [0.29, 0.717) is 23.5 Å². The summed E-state index contributed by atoms with van der Waals surface area (Å²) in [6.07, 6.45) is 4.73. The zero-order valence-electron chi connectivity index (χ0n) is 15.6. The summed E-state index contributed by atoms with van der Waals surface area (Å²) in [5.74, 6) is -0.241. The van der Waals surface area contributed by atoms with E-state index in [4.69, 9.17) is 11.5 Å². The Morgan fingerprint density at radius 3 is 2.38 bits per heavy atom. The van der Waals surface area contributed by atoms with Crippen molar-refractivity contribution in [1.29, 1.82) is 0 Å². The fourth-order valence-electron chi connectivity index (χ4n) is 2.52. The Balaban J connectivity index is 1.52. The summed E-state index contributed by atoms with van der Waals surface area (Å²) in [6, 6.07) is 17.5. The van der Waals surface area contributed by atoms with Crippen LogP contribution in [0, 0.1) is 0 Å². The van der Waals surface area contributed by atoms with E-state index in [1.807, 2.05) is 12.1 Å². The molecular formula is C22H21N5O2. The minimum absolute atomic E-state index is 0.212. The second-order valence-electron chi connectivity index (χ2n) is 6.31. The number of carbonyl (C=O) groups excluding carboxylic acids is 2. The first-order valence-electron chi connectivity index (χ1n) is 8.93. The van der Waals surface area contributed by atoms with Crippen molar-refractivity contribution in [3.8, 4) is 0 Å². The number of nitrogens with two attached hydrogens (primary N) is 2. The maximum absolute atomic E-state index is 12.3. The van der Waals surface area contributed by atoms with Crippen LogP contribution in [0.4, 0.5) is 17.2 Å². The number of rotatable bonds is 6. The van der Waals surface area contributed by atoms with Crippen LogP contribution < -0.4 is 22.1 Å². The molecule has 29 heavy (non-hydrogen) atoms. The van der Waals surface area contributed by atoms with Crippen LogP contribution in [0.5, 0.6) is 0 Å². The third-order valence-corrected chi connectivity index (χ3v) is 4.13. The van der Waals surface area contributed by atoms with Gasteiger partial charge in [-0.2, -0.15) is 0 Å². The van der Waals surface area contributed by atoms with Gasteiger partial charge in [-0.15, -0.1) is 0 Å². The van der Waals surface area contributed by atoms with Crippen molar-refractivity contribution in [3.63, 3.8) is 0 Å². The highest BCUT2D eigenvalue weighted by Crippen LogP contribution is 2.15. The van der Waals surface area contributed by atoms with Gasteiger partial charge in [0.15, 0.2) is 0 Å². The minimum Gasteiger partial charge on any atom is -0.399 e. The molecule has 0 aliphatic rings. The fraction of sp³-hybridized carbons (Fsp3) is 0.0455. The number of amides is 2. The van der Waals surface area contributed by atoms with Gasteiger partial charge in [0.25, 0.3) is 5.91 Å². The lowest BCUT2D eigenvalue weighted by Crippen LogP contribution is -2.20. The molecule has 0 unspecified atom stereocenters. The molecule has 0 saturated carbocycles. The van der Waals surface area contributed by atoms with Gasteiger partial charge in [-0.05, 0) is 53.6 Å². The van der Waals surface area contributed by atoms with E-state index in [1.165, 1.54) is 6.08 Å². The molecule has 3 rings (SSSR count). The maximum Gasteiger partial charge on any atom is 0.255 e. The smallest absolute Gasteiger partial charge is 0.255 e. The number of anilines is 3. The lowest BCUT2D eigenvalue weighted by molar-refractivity contribution is -0.116. The van der Waals surface area contributed by atoms with Crippen molar-refractivity contribution in [2.24, 2.45) is 0 Å². The summed E-state index contributed by atoms with van der Waals surface area (Å²) in [5.41, 5.74) is 14.7. The van der Waals surface area contributed by atoms with Gasteiger partial charge in [-0.3, -0.25) is 9.59 Å². The van der Waals surface area contributed by atoms with Gasteiger partial charge >= 0.3 is 0 Å². The first-order chi connectivity index (χ1) is 14.0. The molecule has 0 fully saturated rings. The van der Waals surface area contributed by atoms with Gasteiger partial charge in [0.05, 0.1) is 5.69 Å². The van der Waals surface area contributed by atoms with Crippen LogP contribution in [-0.4, -0.2) is 16.8 Å². The lowest BCUT2D eigenvalue weighted by atomic mass is 10.1. The molecule has 0 aliphatic heterocycles. The number of nitrogens with one attached hydrogen (secondary N) is 2. The Labute approximate surface area is 168 Å². The van der Waals surface area contributed by atoms with E-state index in [2.05, 4.69) is 15.6 Å². The molecule has 2 aromatic carbocycles. The topological polar surface area (TPSA) is 123 Å². The zero-order chi connectivity index (χ0) is 20.6. The van der Waals surface area contributed by atoms with Crippen LogP contribution in [0.2, 0.25) is 0 Å². The highest BCUT2D eigenvalue weighted by molar-refractivity contribution is 6.05. The van der Waals surface area contributed by atoms with Crippen LogP contribution in [-0.2, 0) is 11.3 Å². The number of nitrogen functional groups attached to an aromatic ring is 2. The summed E-state index contributed by atoms with van der Waals surface area (Å²) in [7, 11) is 0. The number of nitrogens with zero attached hydrogens (tertiary/aromatic N) is 1. The Bertz CT molecular complexity index is 1030. The molecule has 2 amide bonds. The average molecular weight is 387 g/mol. The summed E-state index contributed by atoms with van der Waals surface area (Å²) in [6.45, 7) is 0.350. The van der Waals surface area contributed by atoms with Gasteiger partial charge in [0, 0.05) is 30.1 Å². The van der Waals surface area contributed by atoms with Crippen LogP contribution in [0.1, 0.15) is 21.5 Å². The van der Waals surface area contributed by atoms with Crippen molar-refractivity contribution in [2.45, 2.75) is 6.54 Å². The number of benzene rings is 2. The molecule has 7 heteroatoms. The van der Waals surface area contributed by atoms with E-state index in [-0.39, 0.29) is 17.6 Å². The molecule has 146 valence electrons. The maximum atomic E-state index is 12.3. The second kappa shape index (κ2) is 9.18. The van der Waals surface area contributed by atoms with Crippen molar-refractivity contribution < 1.29 is 9.59 Å². The van der Waals surface area contributed by atoms with Crippen molar-refractivity contribution in [2.75, 3.05) is 16.8 Å². The molecule has 0 aliphatic carbocycles. The monoisotopic (exact) mass is 387 g/mol. The summed E-state index contributed by atoms with van der Waals surface area (Å²) >= 11 is 0. The first-order valence-corrected chi connectivity index (χ1v) is 8.93. The summed E-state index contributed by atoms with van der Waals surface area (Å²) in [5, 5.41) is 5.52. The van der Waals surface area contributed by atoms with E-state index in [0.717, 1.165) is 11.1 Å². The van der Waals surface area contributed by atoms with E-state index in [9.17, 15) is 9.59 Å². The SMILES string of the molecule is Nc1ccc(/C=C/C(=O)NCc2ccc(C(=O)Nc3cccnc3N)cc2)cc1. The predicted molar refractivity (Wildman–Crippen MR) is 115 cm³/mol. The van der Waals surface area contributed by atoms with Crippen molar-refractivity contribution in [1.82, 2.24) is 10.3 Å². The highest BCUT2D eigenvalue weighted by atomic mass is 16.2. The van der Waals surface area contributed by atoms with Gasteiger partial charge in [-0.25, -0.2) is 4.98 Å². The highest BCUT2D eigenvalue weighted by Gasteiger charge is 2.08. The molecule has 7 nitrogen and oxygen atoms in total. The van der Waals surface area contributed by atoms with Crippen molar-refractivity contribution >= 4 is 35.1 Å². The number of hydrogen-bond donors (Lipinski definition) is 4. The number of hydrogen-bond acceptors (Lipinski definition) is 5. The fourth-order valence-corrected chi connectivity index (χ4v) is 2.52. The Morgan fingerprint density at radius 1 is 0.966 bits per heavy atom. The first kappa shape index (κ1) is 19.6. The molecule has 0 bridgehead atoms. The van der Waals surface area contributed by atoms with Crippen molar-refractivity contribution in [3.05, 3.63) is 89.6 Å². The normalized spacial score (nSPS) is 10.6. The Kier molecular flexibility index (Phi) is 6.22. The van der Waals surface area contributed by atoms with Crippen LogP contribution in [0.25, 0.3) is 6.08 Å². The number of aromatic nitrogens is 1. The molecule has 6 N–H and O–H groups in total. The minimum atomic E-state index is -0.285. The largest absolute Gasteiger partial charge is 0.399 e. The molecule has 3 aromatic rings. The second-order valence-corrected chi connectivity index (χ2v) is 6.31. The molecule has 0 spiro atoms. The van der Waals surface area contributed by atoms with Gasteiger partial charge in [0.1, 0.15) is 5.82 Å². The predicted octanol–water partition coefficient (Wildman–Crippen LogP) is 2.83. The summed E-state index contributed by atoms with van der Waals surface area (Å²) < 4.78 is 0. The van der Waals surface area contributed by atoms with Gasteiger partial charge in [0.2, 0.25) is 5.91 Å². The average Bonchev–Trinajstić information content (AvgIpc) is 2.74. The quantitative estimate of drug-likeness (QED) is 0.383. The Hall–Kier alpha value is -4.13. The molecule has 0 atom stereocenters. The van der Waals surface area contributed by atoms with Gasteiger partial charge in [-0.1, -0.05) is 24.3 Å². The van der Waals surface area contributed by atoms with E-state index >= 15 is 0 Å².